The molecule has 3 heterocycles. The van der Waals surface area contributed by atoms with Crippen molar-refractivity contribution in [1.29, 1.82) is 0 Å². The number of carbonyl (C=O) groups is 1. The number of benzene rings is 2. The molecule has 38 heavy (non-hydrogen) atoms. The highest BCUT2D eigenvalue weighted by molar-refractivity contribution is 6.31. The molecule has 0 saturated carbocycles. The predicted molar refractivity (Wildman–Crippen MR) is 145 cm³/mol. The van der Waals surface area contributed by atoms with E-state index in [2.05, 4.69) is 15.1 Å². The Balaban J connectivity index is 1.25. The van der Waals surface area contributed by atoms with Crippen LogP contribution in [0.5, 0.6) is 5.75 Å². The summed E-state index contributed by atoms with van der Waals surface area (Å²) in [5.74, 6) is 0.778. The molecule has 1 N–H and O–H groups in total. The summed E-state index contributed by atoms with van der Waals surface area (Å²) in [6, 6.07) is 13.5. The molecule has 8 nitrogen and oxygen atoms in total. The van der Waals surface area contributed by atoms with Crippen LogP contribution in [0, 0.1) is 0 Å². The second-order valence-corrected chi connectivity index (χ2v) is 9.89. The molecule has 2 aromatic carbocycles. The standard InChI is InChI=1S/C29H28ClN5O3/c30-21-9-12-26-25(17-21)24-13-15-35(29(36)38-23-5-2-1-3-6-23)28(27(24)33-26)20-7-10-22(11-8-20)37-16-4-14-34-19-31-18-32-34/h1-3,5,7-12,17-19,23,28,33H,4,6,13-16H2. The zero-order valence-electron chi connectivity index (χ0n) is 20.8. The summed E-state index contributed by atoms with van der Waals surface area (Å²) in [6.45, 7) is 1.86. The van der Waals surface area contributed by atoms with Crippen LogP contribution in [0.15, 0.2) is 79.4 Å². The molecule has 6 rings (SSSR count). The lowest BCUT2D eigenvalue weighted by molar-refractivity contribution is 0.0691. The quantitative estimate of drug-likeness (QED) is 0.303. The number of nitrogens with one attached hydrogen (secondary N) is 1. The number of aromatic nitrogens is 4. The lowest BCUT2D eigenvalue weighted by Gasteiger charge is -2.36. The van der Waals surface area contributed by atoms with E-state index in [1.165, 1.54) is 11.9 Å². The van der Waals surface area contributed by atoms with Crippen molar-refractivity contribution in [2.45, 2.75) is 38.0 Å². The number of allylic oxidation sites excluding steroid dienone is 2. The van der Waals surface area contributed by atoms with Gasteiger partial charge in [-0.05, 0) is 54.0 Å². The third kappa shape index (κ3) is 5.04. The van der Waals surface area contributed by atoms with Gasteiger partial charge in [0.25, 0.3) is 0 Å². The zero-order valence-corrected chi connectivity index (χ0v) is 21.6. The van der Waals surface area contributed by atoms with Crippen LogP contribution in [0.3, 0.4) is 0 Å². The van der Waals surface area contributed by atoms with Crippen molar-refractivity contribution in [1.82, 2.24) is 24.6 Å². The normalized spacial score (nSPS) is 18.5. The summed E-state index contributed by atoms with van der Waals surface area (Å²) < 4.78 is 13.6. The molecule has 2 unspecified atom stereocenters. The van der Waals surface area contributed by atoms with Gasteiger partial charge in [0.15, 0.2) is 0 Å². The minimum absolute atomic E-state index is 0.260. The van der Waals surface area contributed by atoms with Crippen molar-refractivity contribution in [3.63, 3.8) is 0 Å². The molecule has 194 valence electrons. The molecule has 4 aromatic rings. The molecule has 0 fully saturated rings. The fraction of sp³-hybridized carbons (Fsp3) is 0.276. The van der Waals surface area contributed by atoms with Crippen molar-refractivity contribution >= 4 is 28.6 Å². The summed E-state index contributed by atoms with van der Waals surface area (Å²) in [5.41, 5.74) is 4.17. The molecule has 1 aliphatic carbocycles. The van der Waals surface area contributed by atoms with Gasteiger partial charge >= 0.3 is 6.09 Å². The second-order valence-electron chi connectivity index (χ2n) is 9.45. The Labute approximate surface area is 225 Å². The van der Waals surface area contributed by atoms with Crippen molar-refractivity contribution < 1.29 is 14.3 Å². The van der Waals surface area contributed by atoms with Crippen LogP contribution in [0.25, 0.3) is 10.9 Å². The van der Waals surface area contributed by atoms with Crippen LogP contribution < -0.4 is 4.74 Å². The smallest absolute Gasteiger partial charge is 0.411 e. The number of aryl methyl sites for hydroxylation is 1. The Morgan fingerprint density at radius 2 is 2.05 bits per heavy atom. The van der Waals surface area contributed by atoms with E-state index < -0.39 is 0 Å². The van der Waals surface area contributed by atoms with E-state index in [-0.39, 0.29) is 18.2 Å². The van der Waals surface area contributed by atoms with E-state index >= 15 is 0 Å². The fourth-order valence-electron chi connectivity index (χ4n) is 5.16. The first-order chi connectivity index (χ1) is 18.7. The van der Waals surface area contributed by atoms with Crippen molar-refractivity contribution in [3.05, 3.63) is 101 Å². The Kier molecular flexibility index (Phi) is 6.88. The summed E-state index contributed by atoms with van der Waals surface area (Å²) in [6.07, 6.45) is 12.7. The largest absolute Gasteiger partial charge is 0.494 e. The van der Waals surface area contributed by atoms with E-state index in [1.54, 1.807) is 11.0 Å². The van der Waals surface area contributed by atoms with E-state index in [0.29, 0.717) is 31.0 Å². The molecule has 0 radical (unpaired) electrons. The molecule has 2 aromatic heterocycles. The number of aromatic amines is 1. The number of hydrogen-bond donors (Lipinski definition) is 1. The first-order valence-corrected chi connectivity index (χ1v) is 13.2. The number of H-pyrrole nitrogens is 1. The van der Waals surface area contributed by atoms with E-state index in [0.717, 1.165) is 40.9 Å². The van der Waals surface area contributed by atoms with Gasteiger partial charge in [0, 0.05) is 47.6 Å². The van der Waals surface area contributed by atoms with Gasteiger partial charge in [-0.15, -0.1) is 0 Å². The van der Waals surface area contributed by atoms with E-state index in [9.17, 15) is 4.79 Å². The minimum atomic E-state index is -0.323. The van der Waals surface area contributed by atoms with Gasteiger partial charge in [-0.1, -0.05) is 42.0 Å². The molecule has 1 aliphatic heterocycles. The molecule has 9 heteroatoms. The highest BCUT2D eigenvalue weighted by atomic mass is 35.5. The molecule has 0 bridgehead atoms. The molecule has 0 spiro atoms. The second kappa shape index (κ2) is 10.8. The average molecular weight is 530 g/mol. The number of ether oxygens (including phenoxy) is 2. The zero-order chi connectivity index (χ0) is 25.9. The summed E-state index contributed by atoms with van der Waals surface area (Å²) in [5, 5.41) is 5.90. The number of amides is 1. The van der Waals surface area contributed by atoms with Crippen LogP contribution in [0.4, 0.5) is 4.79 Å². The number of fused-ring (bicyclic) bond motifs is 3. The maximum atomic E-state index is 13.4. The molecular formula is C29H28ClN5O3. The van der Waals surface area contributed by atoms with Crippen LogP contribution >= 0.6 is 11.6 Å². The van der Waals surface area contributed by atoms with E-state index in [4.69, 9.17) is 21.1 Å². The molecule has 2 atom stereocenters. The Morgan fingerprint density at radius 3 is 2.84 bits per heavy atom. The third-order valence-corrected chi connectivity index (χ3v) is 7.21. The van der Waals surface area contributed by atoms with Crippen LogP contribution in [-0.2, 0) is 17.7 Å². The predicted octanol–water partition coefficient (Wildman–Crippen LogP) is 5.85. The van der Waals surface area contributed by atoms with Gasteiger partial charge in [0.05, 0.1) is 6.61 Å². The van der Waals surface area contributed by atoms with Crippen molar-refractivity contribution in [3.8, 4) is 5.75 Å². The van der Waals surface area contributed by atoms with Gasteiger partial charge in [-0.2, -0.15) is 5.10 Å². The number of halogens is 1. The van der Waals surface area contributed by atoms with Gasteiger partial charge in [-0.3, -0.25) is 9.58 Å². The summed E-state index contributed by atoms with van der Waals surface area (Å²) in [7, 11) is 0. The van der Waals surface area contributed by atoms with Gasteiger partial charge in [0.1, 0.15) is 30.5 Å². The lowest BCUT2D eigenvalue weighted by atomic mass is 9.92. The maximum Gasteiger partial charge on any atom is 0.411 e. The van der Waals surface area contributed by atoms with Gasteiger partial charge in [0.2, 0.25) is 0 Å². The van der Waals surface area contributed by atoms with Gasteiger partial charge in [-0.25, -0.2) is 9.78 Å². The average Bonchev–Trinajstić information content (AvgIpc) is 3.59. The Bertz CT molecular complexity index is 1480. The highest BCUT2D eigenvalue weighted by Gasteiger charge is 2.36. The van der Waals surface area contributed by atoms with Crippen LogP contribution in [-0.4, -0.2) is 50.0 Å². The number of nitrogens with zero attached hydrogens (tertiary/aromatic N) is 4. The van der Waals surface area contributed by atoms with Crippen LogP contribution in [0.2, 0.25) is 5.02 Å². The minimum Gasteiger partial charge on any atom is -0.494 e. The van der Waals surface area contributed by atoms with Gasteiger partial charge < -0.3 is 14.5 Å². The number of carbonyl (C=O) groups excluding carboxylic acids is 1. The molecule has 0 saturated heterocycles. The van der Waals surface area contributed by atoms with E-state index in [1.807, 2.05) is 71.7 Å². The molecule has 1 amide bonds. The SMILES string of the molecule is O=C(OC1C=CC=CC1)N1CCc2c([nH]c3ccc(Cl)cc23)C1c1ccc(OCCCn2cncn2)cc1. The topological polar surface area (TPSA) is 85.3 Å². The number of hydrogen-bond acceptors (Lipinski definition) is 5. The van der Waals surface area contributed by atoms with Crippen molar-refractivity contribution in [2.24, 2.45) is 0 Å². The first kappa shape index (κ1) is 24.3. The summed E-state index contributed by atoms with van der Waals surface area (Å²) >= 11 is 6.33. The Hall–Kier alpha value is -4.04. The fourth-order valence-corrected chi connectivity index (χ4v) is 5.33. The van der Waals surface area contributed by atoms with Crippen LogP contribution in [0.1, 0.15) is 35.7 Å². The van der Waals surface area contributed by atoms with Crippen molar-refractivity contribution in [2.75, 3.05) is 13.2 Å². The monoisotopic (exact) mass is 529 g/mol. The highest BCUT2D eigenvalue weighted by Crippen LogP contribution is 2.40. The third-order valence-electron chi connectivity index (χ3n) is 6.98. The first-order valence-electron chi connectivity index (χ1n) is 12.8. The Morgan fingerprint density at radius 1 is 1.16 bits per heavy atom. The number of rotatable bonds is 7. The summed E-state index contributed by atoms with van der Waals surface area (Å²) in [4.78, 5) is 22.8. The molecular weight excluding hydrogens is 502 g/mol. The molecule has 2 aliphatic rings. The maximum absolute atomic E-state index is 13.4. The lowest BCUT2D eigenvalue weighted by Crippen LogP contribution is -2.42.